The van der Waals surface area contributed by atoms with Crippen molar-refractivity contribution >= 4 is 0 Å². The second kappa shape index (κ2) is 19.8. The van der Waals surface area contributed by atoms with Gasteiger partial charge in [-0.05, 0) is 18.4 Å². The molecule has 0 aliphatic rings. The molecule has 0 atom stereocenters. The van der Waals surface area contributed by atoms with E-state index in [0.717, 1.165) is 0 Å². The molecular weight excluding hydrogens is 311 g/mol. The fourth-order valence-electron chi connectivity index (χ4n) is 2.85. The zero-order chi connectivity index (χ0) is 17.1. The van der Waals surface area contributed by atoms with Gasteiger partial charge in [-0.25, -0.2) is 0 Å². The van der Waals surface area contributed by atoms with E-state index in [2.05, 4.69) is 37.3 Å². The second-order valence-electron chi connectivity index (χ2n) is 6.57. The Morgan fingerprint density at radius 1 is 0.480 bits per heavy atom. The SMILES string of the molecule is CCCCCCCCCCCCc1ccccc1.[Na+].c1ccccc1. The first-order valence-electron chi connectivity index (χ1n) is 9.97. The minimum atomic E-state index is 0. The number of unbranched alkanes of at least 4 members (excludes halogenated alkanes) is 9. The van der Waals surface area contributed by atoms with E-state index in [-0.39, 0.29) is 29.6 Å². The average molecular weight is 348 g/mol. The van der Waals surface area contributed by atoms with Crippen molar-refractivity contribution in [3.8, 4) is 0 Å². The summed E-state index contributed by atoms with van der Waals surface area (Å²) in [6.07, 6.45) is 15.5. The maximum absolute atomic E-state index is 2.28. The molecule has 0 aliphatic carbocycles. The van der Waals surface area contributed by atoms with Gasteiger partial charge < -0.3 is 0 Å². The number of hydrogen-bond donors (Lipinski definition) is 0. The Balaban J connectivity index is 0.000000693. The molecule has 0 bridgehead atoms. The summed E-state index contributed by atoms with van der Waals surface area (Å²) in [5.74, 6) is 0. The smallest absolute Gasteiger partial charge is 0.0654 e. The van der Waals surface area contributed by atoms with Gasteiger partial charge in [-0.15, -0.1) is 0 Å². The quantitative estimate of drug-likeness (QED) is 0.403. The van der Waals surface area contributed by atoms with Crippen molar-refractivity contribution < 1.29 is 29.6 Å². The van der Waals surface area contributed by atoms with Gasteiger partial charge in [0.2, 0.25) is 0 Å². The van der Waals surface area contributed by atoms with Crippen LogP contribution in [0.5, 0.6) is 0 Å². The maximum Gasteiger partial charge on any atom is 1.00 e. The molecule has 0 unspecified atom stereocenters. The van der Waals surface area contributed by atoms with E-state index >= 15 is 0 Å². The van der Waals surface area contributed by atoms with Gasteiger partial charge in [-0.1, -0.05) is 131 Å². The van der Waals surface area contributed by atoms with Crippen LogP contribution in [0.3, 0.4) is 0 Å². The van der Waals surface area contributed by atoms with Crippen LogP contribution in [-0.4, -0.2) is 0 Å². The first kappa shape index (κ1) is 24.4. The second-order valence-corrected chi connectivity index (χ2v) is 6.57. The van der Waals surface area contributed by atoms with E-state index in [9.17, 15) is 0 Å². The molecule has 1 heteroatoms. The predicted molar refractivity (Wildman–Crippen MR) is 108 cm³/mol. The fourth-order valence-corrected chi connectivity index (χ4v) is 2.85. The Kier molecular flexibility index (Phi) is 19.3. The van der Waals surface area contributed by atoms with Crippen molar-refractivity contribution in [3.63, 3.8) is 0 Å². The summed E-state index contributed by atoms with van der Waals surface area (Å²) in [6, 6.07) is 22.9. The zero-order valence-electron chi connectivity index (χ0n) is 16.6. The molecule has 0 heterocycles. The minimum absolute atomic E-state index is 0. The summed E-state index contributed by atoms with van der Waals surface area (Å²) in [4.78, 5) is 0. The Bertz CT molecular complexity index is 425. The Morgan fingerprint density at radius 3 is 1.28 bits per heavy atom. The fraction of sp³-hybridized carbons (Fsp3) is 0.500. The summed E-state index contributed by atoms with van der Waals surface area (Å²) < 4.78 is 0. The van der Waals surface area contributed by atoms with Gasteiger partial charge in [-0.2, -0.15) is 0 Å². The summed E-state index contributed by atoms with van der Waals surface area (Å²) in [5.41, 5.74) is 1.50. The Hall–Kier alpha value is -0.560. The molecule has 0 radical (unpaired) electrons. The summed E-state index contributed by atoms with van der Waals surface area (Å²) in [6.45, 7) is 2.28. The van der Waals surface area contributed by atoms with E-state index < -0.39 is 0 Å². The van der Waals surface area contributed by atoms with Crippen LogP contribution in [0.4, 0.5) is 0 Å². The topological polar surface area (TPSA) is 0 Å². The zero-order valence-corrected chi connectivity index (χ0v) is 18.6. The molecule has 0 N–H and O–H groups in total. The maximum atomic E-state index is 2.28. The third-order valence-corrected chi connectivity index (χ3v) is 4.33. The van der Waals surface area contributed by atoms with Crippen LogP contribution in [0.1, 0.15) is 76.7 Å². The monoisotopic (exact) mass is 347 g/mol. The van der Waals surface area contributed by atoms with Crippen LogP contribution in [0, 0.1) is 0 Å². The Morgan fingerprint density at radius 2 is 0.840 bits per heavy atom. The summed E-state index contributed by atoms with van der Waals surface area (Å²) in [5, 5.41) is 0. The summed E-state index contributed by atoms with van der Waals surface area (Å²) >= 11 is 0. The normalized spacial score (nSPS) is 9.64. The molecular formula is C24H36Na+. The third-order valence-electron chi connectivity index (χ3n) is 4.33. The molecule has 0 aliphatic heterocycles. The molecule has 0 amide bonds. The van der Waals surface area contributed by atoms with Gasteiger partial charge in [0.25, 0.3) is 0 Å². The number of rotatable bonds is 11. The van der Waals surface area contributed by atoms with Crippen molar-refractivity contribution in [3.05, 3.63) is 72.3 Å². The molecule has 2 rings (SSSR count). The van der Waals surface area contributed by atoms with Crippen molar-refractivity contribution in [2.75, 3.05) is 0 Å². The molecule has 0 nitrogen and oxygen atoms in total. The van der Waals surface area contributed by atoms with Gasteiger partial charge >= 0.3 is 29.6 Å². The van der Waals surface area contributed by atoms with E-state index in [4.69, 9.17) is 0 Å². The van der Waals surface area contributed by atoms with Crippen LogP contribution < -0.4 is 29.6 Å². The first-order valence-corrected chi connectivity index (χ1v) is 9.97. The molecule has 0 saturated carbocycles. The molecule has 0 saturated heterocycles. The van der Waals surface area contributed by atoms with Crippen molar-refractivity contribution in [2.24, 2.45) is 0 Å². The van der Waals surface area contributed by atoms with E-state index in [0.29, 0.717) is 0 Å². The number of benzene rings is 2. The molecule has 0 fully saturated rings. The van der Waals surface area contributed by atoms with Crippen molar-refractivity contribution in [1.29, 1.82) is 0 Å². The molecule has 25 heavy (non-hydrogen) atoms. The van der Waals surface area contributed by atoms with Gasteiger partial charge in [0.05, 0.1) is 0 Å². The Labute approximate surface area is 178 Å². The van der Waals surface area contributed by atoms with Crippen LogP contribution in [0.15, 0.2) is 66.7 Å². The molecule has 0 spiro atoms. The minimum Gasteiger partial charge on any atom is -0.0654 e. The first-order chi connectivity index (χ1) is 11.9. The van der Waals surface area contributed by atoms with Gasteiger partial charge in [0, 0.05) is 0 Å². The average Bonchev–Trinajstić information content (AvgIpc) is 2.66. The predicted octanol–water partition coefficient (Wildman–Crippen LogP) is 4.84. The molecule has 2 aromatic rings. The van der Waals surface area contributed by atoms with E-state index in [1.807, 2.05) is 36.4 Å². The molecule has 2 aromatic carbocycles. The van der Waals surface area contributed by atoms with E-state index in [1.165, 1.54) is 76.2 Å². The van der Waals surface area contributed by atoms with Crippen molar-refractivity contribution in [2.45, 2.75) is 77.6 Å². The third kappa shape index (κ3) is 16.6. The van der Waals surface area contributed by atoms with Gasteiger partial charge in [-0.3, -0.25) is 0 Å². The van der Waals surface area contributed by atoms with Crippen LogP contribution >= 0.6 is 0 Å². The number of hydrogen-bond acceptors (Lipinski definition) is 0. The number of aryl methyl sites for hydroxylation is 1. The largest absolute Gasteiger partial charge is 1.00 e. The molecule has 132 valence electrons. The van der Waals surface area contributed by atoms with Gasteiger partial charge in [0.15, 0.2) is 0 Å². The van der Waals surface area contributed by atoms with Crippen molar-refractivity contribution in [1.82, 2.24) is 0 Å². The van der Waals surface area contributed by atoms with E-state index in [1.54, 1.807) is 0 Å². The van der Waals surface area contributed by atoms with Crippen LogP contribution in [0.25, 0.3) is 0 Å². The van der Waals surface area contributed by atoms with Crippen LogP contribution in [0.2, 0.25) is 0 Å². The van der Waals surface area contributed by atoms with Gasteiger partial charge in [0.1, 0.15) is 0 Å². The van der Waals surface area contributed by atoms with Crippen LogP contribution in [-0.2, 0) is 6.42 Å². The standard InChI is InChI=1S/C18H30.C6H6.Na/c1-2-3-4-5-6-7-8-9-10-12-15-18-16-13-11-14-17-18;1-2-4-6-5-3-1;/h11,13-14,16-17H,2-10,12,15H2,1H3;1-6H;/q;;+1. The molecule has 0 aromatic heterocycles. The summed E-state index contributed by atoms with van der Waals surface area (Å²) in [7, 11) is 0.